The number of hydrogen-bond donors (Lipinski definition) is 2. The Morgan fingerprint density at radius 1 is 0.964 bits per heavy atom. The normalized spacial score (nSPS) is 17.5. The van der Waals surface area contributed by atoms with Crippen molar-refractivity contribution in [2.45, 2.75) is 20.3 Å². The van der Waals surface area contributed by atoms with E-state index in [0.717, 1.165) is 24.5 Å². The summed E-state index contributed by atoms with van der Waals surface area (Å²) in [5.74, 6) is -0.142. The van der Waals surface area contributed by atoms with Gasteiger partial charge in [-0.2, -0.15) is 0 Å². The number of amides is 2. The molecule has 1 saturated carbocycles. The van der Waals surface area contributed by atoms with Crippen LogP contribution in [0.1, 0.15) is 20.3 Å². The Morgan fingerprint density at radius 2 is 1.57 bits per heavy atom. The van der Waals surface area contributed by atoms with E-state index >= 15 is 0 Å². The highest BCUT2D eigenvalue weighted by atomic mass is 16.5. The number of rotatable bonds is 8. The first kappa shape index (κ1) is 19.7. The fraction of sp³-hybridized carbons (Fsp3) is 0.364. The summed E-state index contributed by atoms with van der Waals surface area (Å²) < 4.78 is 5.16. The molecule has 2 aromatic rings. The van der Waals surface area contributed by atoms with Crippen molar-refractivity contribution in [1.82, 2.24) is 0 Å². The van der Waals surface area contributed by atoms with Crippen LogP contribution in [-0.4, -0.2) is 32.0 Å². The molecule has 3 rings (SSSR count). The summed E-state index contributed by atoms with van der Waals surface area (Å²) >= 11 is 0. The number of nitrogens with zero attached hydrogens (tertiary/aromatic N) is 1. The highest BCUT2D eigenvalue weighted by Crippen LogP contribution is 2.40. The lowest BCUT2D eigenvalue weighted by molar-refractivity contribution is -0.122. The van der Waals surface area contributed by atoms with Crippen molar-refractivity contribution >= 4 is 28.9 Å². The topological polar surface area (TPSA) is 70.7 Å². The number of carbonyl (C=O) groups excluding carboxylic acids is 2. The van der Waals surface area contributed by atoms with Gasteiger partial charge in [-0.25, -0.2) is 0 Å². The Labute approximate surface area is 165 Å². The minimum atomic E-state index is -0.291. The summed E-state index contributed by atoms with van der Waals surface area (Å²) in [6.07, 6.45) is 0.569. The van der Waals surface area contributed by atoms with E-state index < -0.39 is 0 Å². The first-order valence-corrected chi connectivity index (χ1v) is 9.66. The molecular formula is C22H27N3O3. The van der Waals surface area contributed by atoms with Crippen molar-refractivity contribution in [3.8, 4) is 5.75 Å². The molecular weight excluding hydrogens is 354 g/mol. The molecule has 148 valence electrons. The molecule has 2 amide bonds. The van der Waals surface area contributed by atoms with Crippen LogP contribution in [0.25, 0.3) is 0 Å². The number of ether oxygens (including phenoxy) is 1. The Kier molecular flexibility index (Phi) is 6.19. The van der Waals surface area contributed by atoms with Gasteiger partial charge < -0.3 is 20.3 Å². The van der Waals surface area contributed by atoms with Crippen LogP contribution in [0, 0.1) is 11.8 Å². The van der Waals surface area contributed by atoms with Crippen LogP contribution in [0.3, 0.4) is 0 Å². The van der Waals surface area contributed by atoms with Crippen molar-refractivity contribution < 1.29 is 14.3 Å². The van der Waals surface area contributed by atoms with Gasteiger partial charge in [0.2, 0.25) is 11.8 Å². The minimum absolute atomic E-state index is 0.110. The Hall–Kier alpha value is -3.02. The zero-order valence-electron chi connectivity index (χ0n) is 16.6. The number of methoxy groups -OCH3 is 1. The average molecular weight is 381 g/mol. The molecule has 1 aliphatic carbocycles. The lowest BCUT2D eigenvalue weighted by atomic mass is 10.2. The second kappa shape index (κ2) is 8.78. The summed E-state index contributed by atoms with van der Waals surface area (Å²) in [5, 5.41) is 5.77. The Bertz CT molecular complexity index is 831. The monoisotopic (exact) mass is 381 g/mol. The molecule has 0 bridgehead atoms. The largest absolute Gasteiger partial charge is 0.497 e. The average Bonchev–Trinajstić information content (AvgIpc) is 3.51. The molecule has 1 aliphatic rings. The highest BCUT2D eigenvalue weighted by molar-refractivity contribution is 6.03. The second-order valence-electron chi connectivity index (χ2n) is 6.88. The first-order chi connectivity index (χ1) is 13.5. The predicted molar refractivity (Wildman–Crippen MR) is 112 cm³/mol. The molecule has 2 aromatic carbocycles. The van der Waals surface area contributed by atoms with Gasteiger partial charge in [-0.1, -0.05) is 6.07 Å². The van der Waals surface area contributed by atoms with Crippen LogP contribution in [0.15, 0.2) is 48.5 Å². The number of benzene rings is 2. The van der Waals surface area contributed by atoms with Gasteiger partial charge in [-0.15, -0.1) is 0 Å². The van der Waals surface area contributed by atoms with Crippen LogP contribution in [0.2, 0.25) is 0 Å². The number of anilines is 3. The van der Waals surface area contributed by atoms with Gasteiger partial charge in [0, 0.05) is 36.2 Å². The van der Waals surface area contributed by atoms with E-state index in [2.05, 4.69) is 29.4 Å². The van der Waals surface area contributed by atoms with Crippen molar-refractivity contribution in [3.05, 3.63) is 48.5 Å². The summed E-state index contributed by atoms with van der Waals surface area (Å²) in [6.45, 7) is 6.11. The summed E-state index contributed by atoms with van der Waals surface area (Å²) in [7, 11) is 1.58. The number of nitrogens with one attached hydrogen (secondary N) is 2. The smallest absolute Gasteiger partial charge is 0.228 e. The molecule has 2 unspecified atom stereocenters. The number of carbonyl (C=O) groups is 2. The highest BCUT2D eigenvalue weighted by Gasteiger charge is 2.48. The van der Waals surface area contributed by atoms with Crippen LogP contribution in [-0.2, 0) is 9.59 Å². The van der Waals surface area contributed by atoms with E-state index in [-0.39, 0.29) is 23.7 Å². The van der Waals surface area contributed by atoms with E-state index in [1.807, 2.05) is 36.4 Å². The quantitative estimate of drug-likeness (QED) is 0.730. The van der Waals surface area contributed by atoms with Gasteiger partial charge in [0.05, 0.1) is 18.9 Å². The van der Waals surface area contributed by atoms with Crippen molar-refractivity contribution in [3.63, 3.8) is 0 Å². The predicted octanol–water partition coefficient (Wildman–Crippen LogP) is 3.75. The van der Waals surface area contributed by atoms with Crippen LogP contribution < -0.4 is 20.3 Å². The molecule has 0 radical (unpaired) electrons. The molecule has 28 heavy (non-hydrogen) atoms. The van der Waals surface area contributed by atoms with E-state index in [9.17, 15) is 9.59 Å². The molecule has 0 spiro atoms. The summed E-state index contributed by atoms with van der Waals surface area (Å²) in [4.78, 5) is 27.1. The van der Waals surface area contributed by atoms with Gasteiger partial charge in [0.25, 0.3) is 0 Å². The van der Waals surface area contributed by atoms with E-state index in [0.29, 0.717) is 17.9 Å². The maximum Gasteiger partial charge on any atom is 0.228 e. The molecule has 0 aromatic heterocycles. The lowest BCUT2D eigenvalue weighted by Crippen LogP contribution is -2.22. The molecule has 1 fully saturated rings. The molecule has 6 nitrogen and oxygen atoms in total. The zero-order chi connectivity index (χ0) is 20.1. The third-order valence-electron chi connectivity index (χ3n) is 5.06. The van der Waals surface area contributed by atoms with Crippen LogP contribution in [0.5, 0.6) is 5.75 Å². The van der Waals surface area contributed by atoms with Gasteiger partial charge in [-0.05, 0) is 56.7 Å². The third kappa shape index (κ3) is 4.63. The molecule has 2 N–H and O–H groups in total. The molecule has 6 heteroatoms. The van der Waals surface area contributed by atoms with Gasteiger partial charge in [-0.3, -0.25) is 9.59 Å². The summed E-state index contributed by atoms with van der Waals surface area (Å²) in [6, 6.07) is 15.0. The maximum atomic E-state index is 12.5. The van der Waals surface area contributed by atoms with Crippen LogP contribution >= 0.6 is 0 Å². The minimum Gasteiger partial charge on any atom is -0.497 e. The van der Waals surface area contributed by atoms with Crippen molar-refractivity contribution in [1.29, 1.82) is 0 Å². The standard InChI is InChI=1S/C22H27N3O3/c1-4-25(5-2)17-11-9-15(10-12-17)23-21(26)19-14-20(19)22(27)24-16-7-6-8-18(13-16)28-3/h6-13,19-20H,4-5,14H2,1-3H3,(H,23,26)(H,24,27). The number of hydrogen-bond acceptors (Lipinski definition) is 4. The lowest BCUT2D eigenvalue weighted by Gasteiger charge is -2.21. The van der Waals surface area contributed by atoms with E-state index in [4.69, 9.17) is 4.74 Å². The van der Waals surface area contributed by atoms with Gasteiger partial charge in [0.1, 0.15) is 5.75 Å². The molecule has 0 saturated heterocycles. The second-order valence-corrected chi connectivity index (χ2v) is 6.88. The van der Waals surface area contributed by atoms with E-state index in [1.54, 1.807) is 19.2 Å². The first-order valence-electron chi connectivity index (χ1n) is 9.66. The summed E-state index contributed by atoms with van der Waals surface area (Å²) in [5.41, 5.74) is 2.55. The maximum absolute atomic E-state index is 12.5. The fourth-order valence-corrected chi connectivity index (χ4v) is 3.29. The SMILES string of the molecule is CCN(CC)c1ccc(NC(=O)C2CC2C(=O)Nc2cccc(OC)c2)cc1. The molecule has 0 aliphatic heterocycles. The molecule has 2 atom stereocenters. The van der Waals surface area contributed by atoms with Crippen molar-refractivity contribution in [2.75, 3.05) is 35.7 Å². The third-order valence-corrected chi connectivity index (χ3v) is 5.06. The van der Waals surface area contributed by atoms with Crippen LogP contribution in [0.4, 0.5) is 17.1 Å². The van der Waals surface area contributed by atoms with Crippen molar-refractivity contribution in [2.24, 2.45) is 11.8 Å². The Morgan fingerprint density at radius 3 is 2.14 bits per heavy atom. The fourth-order valence-electron chi connectivity index (χ4n) is 3.29. The van der Waals surface area contributed by atoms with E-state index in [1.165, 1.54) is 0 Å². The zero-order valence-corrected chi connectivity index (χ0v) is 16.6. The Balaban J connectivity index is 1.53. The molecule has 0 heterocycles. The van der Waals surface area contributed by atoms with Gasteiger partial charge >= 0.3 is 0 Å². The van der Waals surface area contributed by atoms with Gasteiger partial charge in [0.15, 0.2) is 0 Å².